The van der Waals surface area contributed by atoms with E-state index in [1.165, 1.54) is 25.3 Å². The van der Waals surface area contributed by atoms with Crippen molar-refractivity contribution < 1.29 is 27.9 Å². The maximum atomic E-state index is 12.5. The summed E-state index contributed by atoms with van der Waals surface area (Å²) in [4.78, 5) is 23.5. The number of rotatable bonds is 6. The van der Waals surface area contributed by atoms with Crippen LogP contribution in [0.25, 0.3) is 0 Å². The minimum absolute atomic E-state index is 0.0443. The van der Waals surface area contributed by atoms with Gasteiger partial charge in [-0.25, -0.2) is 17.9 Å². The largest absolute Gasteiger partial charge is 0.496 e. The zero-order chi connectivity index (χ0) is 18.7. The third-order valence-corrected chi connectivity index (χ3v) is 3.82. The lowest BCUT2D eigenvalue weighted by atomic mass is 9.87. The third-order valence-electron chi connectivity index (χ3n) is 3.16. The number of anilines is 1. The fourth-order valence-corrected chi connectivity index (χ4v) is 2.89. The molecule has 1 unspecified atom stereocenters. The highest BCUT2D eigenvalue weighted by atomic mass is 32.2. The fourth-order valence-electron chi connectivity index (χ4n) is 2.00. The molecule has 0 aliphatic carbocycles. The van der Waals surface area contributed by atoms with Gasteiger partial charge >= 0.3 is 5.97 Å². The van der Waals surface area contributed by atoms with Crippen LogP contribution >= 0.6 is 0 Å². The first kappa shape index (κ1) is 19.9. The molecule has 0 aliphatic heterocycles. The van der Waals surface area contributed by atoms with Crippen LogP contribution in [0.2, 0.25) is 0 Å². The monoisotopic (exact) mass is 358 g/mol. The van der Waals surface area contributed by atoms with E-state index in [1.54, 1.807) is 20.8 Å². The van der Waals surface area contributed by atoms with Crippen molar-refractivity contribution in [3.05, 3.63) is 23.8 Å². The Balaban J connectivity index is 3.09. The van der Waals surface area contributed by atoms with E-state index in [1.807, 2.05) is 0 Å². The average Bonchev–Trinajstić information content (AvgIpc) is 2.42. The first-order valence-electron chi connectivity index (χ1n) is 7.04. The molecule has 0 bridgehead atoms. The van der Waals surface area contributed by atoms with E-state index >= 15 is 0 Å². The van der Waals surface area contributed by atoms with Gasteiger partial charge in [0.05, 0.1) is 13.4 Å². The summed E-state index contributed by atoms with van der Waals surface area (Å²) in [7, 11) is -2.27. The van der Waals surface area contributed by atoms with Gasteiger partial charge in [0.25, 0.3) is 0 Å². The van der Waals surface area contributed by atoms with Gasteiger partial charge in [-0.2, -0.15) is 0 Å². The van der Waals surface area contributed by atoms with Gasteiger partial charge in [-0.05, 0) is 17.5 Å². The minimum atomic E-state index is -3.59. The summed E-state index contributed by atoms with van der Waals surface area (Å²) in [5.41, 5.74) is -0.415. The highest BCUT2D eigenvalue weighted by Gasteiger charge is 2.33. The zero-order valence-electron chi connectivity index (χ0n) is 14.2. The van der Waals surface area contributed by atoms with Gasteiger partial charge < -0.3 is 15.2 Å². The SMILES string of the molecule is COc1cc(NC(=O)C(NS(C)(=O)=O)C(C)(C)C)ccc1C(=O)O. The van der Waals surface area contributed by atoms with E-state index in [-0.39, 0.29) is 11.3 Å². The molecule has 0 fully saturated rings. The van der Waals surface area contributed by atoms with Crippen LogP contribution in [-0.2, 0) is 14.8 Å². The highest BCUT2D eigenvalue weighted by molar-refractivity contribution is 7.88. The van der Waals surface area contributed by atoms with Crippen LogP contribution in [0.3, 0.4) is 0 Å². The maximum Gasteiger partial charge on any atom is 0.339 e. The van der Waals surface area contributed by atoms with Gasteiger partial charge in [0, 0.05) is 11.8 Å². The lowest BCUT2D eigenvalue weighted by molar-refractivity contribution is -0.119. The molecule has 0 radical (unpaired) electrons. The van der Waals surface area contributed by atoms with Gasteiger partial charge in [-0.3, -0.25) is 4.79 Å². The summed E-state index contributed by atoms with van der Waals surface area (Å²) in [5, 5.41) is 11.6. The Morgan fingerprint density at radius 1 is 1.25 bits per heavy atom. The topological polar surface area (TPSA) is 122 Å². The molecule has 0 heterocycles. The van der Waals surface area contributed by atoms with Gasteiger partial charge in [-0.15, -0.1) is 0 Å². The number of sulfonamides is 1. The number of carbonyl (C=O) groups is 2. The second kappa shape index (κ2) is 7.18. The van der Waals surface area contributed by atoms with Crippen LogP contribution in [-0.4, -0.2) is 44.8 Å². The number of methoxy groups -OCH3 is 1. The summed E-state index contributed by atoms with van der Waals surface area (Å²) in [6.45, 7) is 5.18. The number of carboxylic acid groups (broad SMARTS) is 1. The van der Waals surface area contributed by atoms with E-state index < -0.39 is 33.4 Å². The molecule has 1 aromatic rings. The lowest BCUT2D eigenvalue weighted by Gasteiger charge is -2.29. The van der Waals surface area contributed by atoms with Gasteiger partial charge in [0.1, 0.15) is 17.4 Å². The molecule has 0 saturated carbocycles. The van der Waals surface area contributed by atoms with Crippen molar-refractivity contribution in [3.63, 3.8) is 0 Å². The standard InChI is InChI=1S/C15H22N2O6S/c1-15(2,3)12(17-24(5,21)22)13(18)16-9-6-7-10(14(19)20)11(8-9)23-4/h6-8,12,17H,1-5H3,(H,16,18)(H,19,20). The van der Waals surface area contributed by atoms with Crippen molar-refractivity contribution in [1.29, 1.82) is 0 Å². The van der Waals surface area contributed by atoms with Crippen LogP contribution in [0.4, 0.5) is 5.69 Å². The molecule has 1 aromatic carbocycles. The molecular weight excluding hydrogens is 336 g/mol. The number of amides is 1. The summed E-state index contributed by atoms with van der Waals surface area (Å²) < 4.78 is 30.3. The van der Waals surface area contributed by atoms with E-state index in [9.17, 15) is 18.0 Å². The van der Waals surface area contributed by atoms with E-state index in [0.717, 1.165) is 6.26 Å². The van der Waals surface area contributed by atoms with Crippen molar-refractivity contribution in [2.45, 2.75) is 26.8 Å². The molecule has 1 atom stereocenters. The Morgan fingerprint density at radius 3 is 2.25 bits per heavy atom. The van der Waals surface area contributed by atoms with Crippen LogP contribution in [0, 0.1) is 5.41 Å². The van der Waals surface area contributed by atoms with Crippen molar-refractivity contribution in [3.8, 4) is 5.75 Å². The number of ether oxygens (including phenoxy) is 1. The Kier molecular flexibility index (Phi) is 5.96. The average molecular weight is 358 g/mol. The Labute approximate surface area is 141 Å². The fraction of sp³-hybridized carbons (Fsp3) is 0.467. The minimum Gasteiger partial charge on any atom is -0.496 e. The molecule has 0 aliphatic rings. The van der Waals surface area contributed by atoms with Crippen molar-refractivity contribution in [2.24, 2.45) is 5.41 Å². The molecule has 0 aromatic heterocycles. The normalized spacial score (nSPS) is 13.2. The Bertz CT molecular complexity index is 737. The number of benzene rings is 1. The third kappa shape index (κ3) is 5.50. The molecule has 3 N–H and O–H groups in total. The summed E-state index contributed by atoms with van der Waals surface area (Å²) in [6, 6.07) is 3.07. The summed E-state index contributed by atoms with van der Waals surface area (Å²) in [6.07, 6.45) is 0.976. The molecular formula is C15H22N2O6S. The predicted octanol–water partition coefficient (Wildman–Crippen LogP) is 1.30. The van der Waals surface area contributed by atoms with Crippen LogP contribution < -0.4 is 14.8 Å². The predicted molar refractivity (Wildman–Crippen MR) is 89.8 cm³/mol. The van der Waals surface area contributed by atoms with Crippen LogP contribution in [0.15, 0.2) is 18.2 Å². The summed E-state index contributed by atoms with van der Waals surface area (Å²) in [5.74, 6) is -1.63. The highest BCUT2D eigenvalue weighted by Crippen LogP contribution is 2.25. The molecule has 8 nitrogen and oxygen atoms in total. The Morgan fingerprint density at radius 2 is 1.83 bits per heavy atom. The Hall–Kier alpha value is -2.13. The number of carbonyl (C=O) groups excluding carboxylic acids is 1. The van der Waals surface area contributed by atoms with Gasteiger partial charge in [0.15, 0.2) is 0 Å². The molecule has 0 saturated heterocycles. The van der Waals surface area contributed by atoms with Gasteiger partial charge in [0.2, 0.25) is 15.9 Å². The number of aromatic carboxylic acids is 1. The van der Waals surface area contributed by atoms with Crippen molar-refractivity contribution in [1.82, 2.24) is 4.72 Å². The summed E-state index contributed by atoms with van der Waals surface area (Å²) >= 11 is 0. The van der Waals surface area contributed by atoms with Gasteiger partial charge in [-0.1, -0.05) is 20.8 Å². The van der Waals surface area contributed by atoms with Crippen LogP contribution in [0.1, 0.15) is 31.1 Å². The zero-order valence-corrected chi connectivity index (χ0v) is 15.0. The first-order chi connectivity index (χ1) is 10.8. The molecule has 24 heavy (non-hydrogen) atoms. The molecule has 0 spiro atoms. The lowest BCUT2D eigenvalue weighted by Crippen LogP contribution is -2.51. The van der Waals surface area contributed by atoms with Crippen molar-refractivity contribution in [2.75, 3.05) is 18.7 Å². The number of nitrogens with one attached hydrogen (secondary N) is 2. The second-order valence-corrected chi connectivity index (χ2v) is 8.18. The first-order valence-corrected chi connectivity index (χ1v) is 8.94. The number of hydrogen-bond donors (Lipinski definition) is 3. The maximum absolute atomic E-state index is 12.5. The van der Waals surface area contributed by atoms with Crippen molar-refractivity contribution >= 4 is 27.6 Å². The second-order valence-electron chi connectivity index (χ2n) is 6.40. The molecule has 9 heteroatoms. The molecule has 1 amide bonds. The quantitative estimate of drug-likeness (QED) is 0.704. The van der Waals surface area contributed by atoms with Crippen LogP contribution in [0.5, 0.6) is 5.75 Å². The number of carboxylic acids is 1. The van der Waals surface area contributed by atoms with E-state index in [2.05, 4.69) is 10.0 Å². The smallest absolute Gasteiger partial charge is 0.339 e. The molecule has 1 rings (SSSR count). The van der Waals surface area contributed by atoms with E-state index in [0.29, 0.717) is 5.69 Å². The van der Waals surface area contributed by atoms with E-state index in [4.69, 9.17) is 9.84 Å². The number of hydrogen-bond acceptors (Lipinski definition) is 5. The molecule has 134 valence electrons.